The zero-order chi connectivity index (χ0) is 14.0. The van der Waals surface area contributed by atoms with Crippen LogP contribution in [-0.2, 0) is 4.79 Å². The SMILES string of the molecule is CC1CCC(N)CC1C(=O)N(C)C1CCCCC1O. The topological polar surface area (TPSA) is 66.6 Å². The van der Waals surface area contributed by atoms with Gasteiger partial charge in [-0.25, -0.2) is 0 Å². The van der Waals surface area contributed by atoms with E-state index in [-0.39, 0.29) is 30.0 Å². The number of carbonyl (C=O) groups excluding carboxylic acids is 1. The fourth-order valence-corrected chi connectivity index (χ4v) is 3.67. The molecule has 0 aromatic heterocycles. The number of carbonyl (C=O) groups is 1. The Balaban J connectivity index is 2.01. The van der Waals surface area contributed by atoms with E-state index in [4.69, 9.17) is 5.73 Å². The molecule has 0 aliphatic heterocycles. The van der Waals surface area contributed by atoms with Gasteiger partial charge in [-0.05, 0) is 38.0 Å². The second-order valence-electron chi connectivity index (χ2n) is 6.53. The first kappa shape index (κ1) is 14.8. The van der Waals surface area contributed by atoms with Gasteiger partial charge in [0.2, 0.25) is 5.91 Å². The highest BCUT2D eigenvalue weighted by Gasteiger charge is 2.37. The van der Waals surface area contributed by atoms with E-state index in [0.717, 1.165) is 44.9 Å². The number of likely N-dealkylation sites (N-methyl/N-ethyl adjacent to an activating group) is 1. The zero-order valence-electron chi connectivity index (χ0n) is 12.2. The highest BCUT2D eigenvalue weighted by Crippen LogP contribution is 2.32. The summed E-state index contributed by atoms with van der Waals surface area (Å²) in [5.74, 6) is 0.645. The van der Waals surface area contributed by atoms with Crippen molar-refractivity contribution in [1.82, 2.24) is 4.90 Å². The molecule has 3 N–H and O–H groups in total. The van der Waals surface area contributed by atoms with Crippen LogP contribution < -0.4 is 5.73 Å². The number of aliphatic hydroxyl groups is 1. The van der Waals surface area contributed by atoms with E-state index in [9.17, 15) is 9.90 Å². The summed E-state index contributed by atoms with van der Waals surface area (Å²) in [4.78, 5) is 14.5. The molecule has 2 fully saturated rings. The molecule has 1 amide bonds. The first-order chi connectivity index (χ1) is 9.00. The van der Waals surface area contributed by atoms with Crippen molar-refractivity contribution >= 4 is 5.91 Å². The summed E-state index contributed by atoms with van der Waals surface area (Å²) in [6.45, 7) is 2.15. The van der Waals surface area contributed by atoms with Gasteiger partial charge in [-0.3, -0.25) is 4.79 Å². The molecule has 0 heterocycles. The van der Waals surface area contributed by atoms with Crippen molar-refractivity contribution in [2.24, 2.45) is 17.6 Å². The smallest absolute Gasteiger partial charge is 0.226 e. The molecule has 110 valence electrons. The lowest BCUT2D eigenvalue weighted by Gasteiger charge is -2.40. The molecule has 4 nitrogen and oxygen atoms in total. The average molecular weight is 268 g/mol. The summed E-state index contributed by atoms with van der Waals surface area (Å²) in [5, 5.41) is 10.1. The van der Waals surface area contributed by atoms with E-state index in [1.165, 1.54) is 0 Å². The maximum absolute atomic E-state index is 12.7. The van der Waals surface area contributed by atoms with Crippen LogP contribution in [0.5, 0.6) is 0 Å². The van der Waals surface area contributed by atoms with E-state index < -0.39 is 0 Å². The Labute approximate surface area is 116 Å². The Hall–Kier alpha value is -0.610. The molecule has 2 aliphatic carbocycles. The second kappa shape index (κ2) is 6.23. The average Bonchev–Trinajstić information content (AvgIpc) is 2.40. The van der Waals surface area contributed by atoms with Gasteiger partial charge in [0.05, 0.1) is 12.1 Å². The second-order valence-corrected chi connectivity index (χ2v) is 6.53. The van der Waals surface area contributed by atoms with E-state index in [1.807, 2.05) is 11.9 Å². The third kappa shape index (κ3) is 3.29. The predicted molar refractivity (Wildman–Crippen MR) is 75.5 cm³/mol. The Morgan fingerprint density at radius 1 is 1.21 bits per heavy atom. The number of hydrogen-bond donors (Lipinski definition) is 2. The monoisotopic (exact) mass is 268 g/mol. The highest BCUT2D eigenvalue weighted by molar-refractivity contribution is 5.79. The Morgan fingerprint density at radius 3 is 2.58 bits per heavy atom. The van der Waals surface area contributed by atoms with Crippen LogP contribution in [0.3, 0.4) is 0 Å². The standard InChI is InChI=1S/C15H28N2O2/c1-10-7-8-11(16)9-12(10)15(19)17(2)13-5-3-4-6-14(13)18/h10-14,18H,3-9,16H2,1-2H3. The van der Waals surface area contributed by atoms with Crippen LogP contribution in [0.4, 0.5) is 0 Å². The summed E-state index contributed by atoms with van der Waals surface area (Å²) in [6.07, 6.45) is 6.45. The van der Waals surface area contributed by atoms with Gasteiger partial charge in [0, 0.05) is 19.0 Å². The lowest BCUT2D eigenvalue weighted by atomic mass is 9.77. The van der Waals surface area contributed by atoms with Crippen LogP contribution in [-0.4, -0.2) is 41.1 Å². The van der Waals surface area contributed by atoms with E-state index >= 15 is 0 Å². The van der Waals surface area contributed by atoms with Crippen molar-refractivity contribution in [3.05, 3.63) is 0 Å². The van der Waals surface area contributed by atoms with Crippen molar-refractivity contribution in [3.8, 4) is 0 Å². The fourth-order valence-electron chi connectivity index (χ4n) is 3.67. The van der Waals surface area contributed by atoms with Crippen molar-refractivity contribution < 1.29 is 9.90 Å². The number of aliphatic hydroxyl groups excluding tert-OH is 1. The van der Waals surface area contributed by atoms with Gasteiger partial charge in [0.15, 0.2) is 0 Å². The highest BCUT2D eigenvalue weighted by atomic mass is 16.3. The summed E-state index contributed by atoms with van der Waals surface area (Å²) in [6, 6.07) is 0.168. The first-order valence-corrected chi connectivity index (χ1v) is 7.71. The molecule has 5 atom stereocenters. The summed E-state index contributed by atoms with van der Waals surface area (Å²) >= 11 is 0. The zero-order valence-corrected chi connectivity index (χ0v) is 12.2. The van der Waals surface area contributed by atoms with Crippen molar-refractivity contribution in [1.29, 1.82) is 0 Å². The summed E-state index contributed by atoms with van der Waals surface area (Å²) in [5.41, 5.74) is 6.01. The molecule has 5 unspecified atom stereocenters. The molecule has 2 aliphatic rings. The maximum atomic E-state index is 12.7. The number of nitrogens with two attached hydrogens (primary N) is 1. The van der Waals surface area contributed by atoms with Crippen molar-refractivity contribution in [2.45, 2.75) is 70.1 Å². The maximum Gasteiger partial charge on any atom is 0.226 e. The Morgan fingerprint density at radius 2 is 1.89 bits per heavy atom. The van der Waals surface area contributed by atoms with Gasteiger partial charge in [-0.15, -0.1) is 0 Å². The molecule has 0 bridgehead atoms. The van der Waals surface area contributed by atoms with Crippen LogP contribution in [0.25, 0.3) is 0 Å². The number of rotatable bonds is 2. The number of nitrogens with zero attached hydrogens (tertiary/aromatic N) is 1. The van der Waals surface area contributed by atoms with Crippen molar-refractivity contribution in [3.63, 3.8) is 0 Å². The molecule has 0 radical (unpaired) electrons. The molecule has 4 heteroatoms. The van der Waals surface area contributed by atoms with Gasteiger partial charge in [-0.1, -0.05) is 19.8 Å². The largest absolute Gasteiger partial charge is 0.391 e. The van der Waals surface area contributed by atoms with Gasteiger partial charge in [-0.2, -0.15) is 0 Å². The summed E-state index contributed by atoms with van der Waals surface area (Å²) in [7, 11) is 1.86. The van der Waals surface area contributed by atoms with Gasteiger partial charge in [0.25, 0.3) is 0 Å². The van der Waals surface area contributed by atoms with Crippen LogP contribution in [0.2, 0.25) is 0 Å². The molecule has 0 spiro atoms. The first-order valence-electron chi connectivity index (χ1n) is 7.71. The van der Waals surface area contributed by atoms with Gasteiger partial charge < -0.3 is 15.7 Å². The third-order valence-electron chi connectivity index (χ3n) is 5.09. The molecule has 19 heavy (non-hydrogen) atoms. The lowest BCUT2D eigenvalue weighted by molar-refractivity contribution is -0.142. The quantitative estimate of drug-likeness (QED) is 0.798. The van der Waals surface area contributed by atoms with E-state index in [0.29, 0.717) is 5.92 Å². The minimum absolute atomic E-state index is 0.00611. The molecular weight excluding hydrogens is 240 g/mol. The third-order valence-corrected chi connectivity index (χ3v) is 5.09. The normalized spacial score (nSPS) is 39.9. The minimum atomic E-state index is -0.352. The molecular formula is C15H28N2O2. The van der Waals surface area contributed by atoms with Crippen LogP contribution in [0.1, 0.15) is 51.9 Å². The molecule has 0 saturated heterocycles. The number of hydrogen-bond acceptors (Lipinski definition) is 3. The van der Waals surface area contributed by atoms with Crippen molar-refractivity contribution in [2.75, 3.05) is 7.05 Å². The number of amides is 1. The molecule has 2 rings (SSSR count). The van der Waals surface area contributed by atoms with Crippen LogP contribution in [0, 0.1) is 11.8 Å². The predicted octanol–water partition coefficient (Wildman–Crippen LogP) is 1.51. The van der Waals surface area contributed by atoms with Gasteiger partial charge in [0.1, 0.15) is 0 Å². The van der Waals surface area contributed by atoms with E-state index in [2.05, 4.69) is 6.92 Å². The minimum Gasteiger partial charge on any atom is -0.391 e. The van der Waals surface area contributed by atoms with Crippen LogP contribution in [0.15, 0.2) is 0 Å². The summed E-state index contributed by atoms with van der Waals surface area (Å²) < 4.78 is 0. The van der Waals surface area contributed by atoms with Gasteiger partial charge >= 0.3 is 0 Å². The Kier molecular flexibility index (Phi) is 4.85. The van der Waals surface area contributed by atoms with Crippen LogP contribution >= 0.6 is 0 Å². The molecule has 0 aromatic rings. The fraction of sp³-hybridized carbons (Fsp3) is 0.933. The molecule has 2 saturated carbocycles. The van der Waals surface area contributed by atoms with E-state index in [1.54, 1.807) is 0 Å². The molecule has 0 aromatic carbocycles. The lowest BCUT2D eigenvalue weighted by Crippen LogP contribution is -2.50. The Bertz CT molecular complexity index is 321.